The number of allylic oxidation sites excluding steroid dienone is 1. The third-order valence-electron chi connectivity index (χ3n) is 10.4. The van der Waals surface area contributed by atoms with Crippen molar-refractivity contribution in [3.63, 3.8) is 0 Å². The standard InChI is InChI=1S/C32H53N3O6/c1-4-6-9-23(18-34-5-2)20-40-30(39)32-29(38)26-11-8-7-10-25(26)28(37)31(32,41-32)17-24(19-36)21(3)12-13-22-14-15-35-27(33)16-22/h22-23,25-27,34-36H,4-20,33H2,1-3H3/p+2/t22?,23-,25?,26?,27?,31+,32+/m1/s1. The first-order valence-electron chi connectivity index (χ1n) is 16.4. The number of aliphatic hydroxyl groups is 1. The molecule has 0 aromatic carbocycles. The number of piperidine rings is 1. The zero-order valence-corrected chi connectivity index (χ0v) is 25.6. The third-order valence-corrected chi connectivity index (χ3v) is 10.4. The van der Waals surface area contributed by atoms with Gasteiger partial charge in [-0.05, 0) is 63.9 Å². The molecule has 2 heterocycles. The van der Waals surface area contributed by atoms with E-state index in [1.165, 1.54) is 0 Å². The Morgan fingerprint density at radius 3 is 2.59 bits per heavy atom. The number of Topliss-reactive ketones (excluding diaryl/α,β-unsaturated/α-hetero) is 2. The second-order valence-electron chi connectivity index (χ2n) is 13.2. The highest BCUT2D eigenvalue weighted by Crippen LogP contribution is 2.62. The molecule has 0 radical (unpaired) electrons. The summed E-state index contributed by atoms with van der Waals surface area (Å²) in [4.78, 5) is 42.0. The minimum atomic E-state index is -1.88. The van der Waals surface area contributed by atoms with E-state index >= 15 is 0 Å². The van der Waals surface area contributed by atoms with Crippen LogP contribution in [-0.2, 0) is 23.9 Å². The highest BCUT2D eigenvalue weighted by molar-refractivity contribution is 6.23. The Bertz CT molecular complexity index is 976. The first-order valence-corrected chi connectivity index (χ1v) is 16.4. The number of carbonyl (C=O) groups excluding carboxylic acids is 3. The highest BCUT2D eigenvalue weighted by atomic mass is 16.7. The molecular formula is C32H55N3O6+2. The van der Waals surface area contributed by atoms with E-state index in [0.717, 1.165) is 83.0 Å². The molecule has 0 aromatic heterocycles. The molecular weight excluding hydrogens is 522 g/mol. The van der Waals surface area contributed by atoms with Gasteiger partial charge in [-0.25, -0.2) is 4.79 Å². The number of epoxide rings is 1. The van der Waals surface area contributed by atoms with Crippen molar-refractivity contribution in [1.29, 1.82) is 0 Å². The average Bonchev–Trinajstić information content (AvgIpc) is 3.68. The first kappa shape index (κ1) is 32.3. The Balaban J connectivity index is 1.54. The Morgan fingerprint density at radius 1 is 1.20 bits per heavy atom. The summed E-state index contributed by atoms with van der Waals surface area (Å²) in [5.74, 6) is -1.33. The Morgan fingerprint density at radius 2 is 1.93 bits per heavy atom. The summed E-state index contributed by atoms with van der Waals surface area (Å²) in [5.41, 5.74) is 4.40. The molecule has 4 aliphatic rings. The molecule has 9 nitrogen and oxygen atoms in total. The maximum atomic E-state index is 14.1. The van der Waals surface area contributed by atoms with Gasteiger partial charge in [0, 0.05) is 30.6 Å². The SMILES string of the molecule is CCCC[C@H](C[NH2+]CC)COC(=O)[C@]12O[C@@]1(CC(CO)=C(C)CCC1CC[NH2+]C(N)C1)C(=O)C1CCCCC1C2=O. The van der Waals surface area contributed by atoms with Crippen LogP contribution in [0.1, 0.15) is 97.8 Å². The topological polar surface area (TPSA) is 152 Å². The summed E-state index contributed by atoms with van der Waals surface area (Å²) in [6.07, 6.45) is 10.1. The van der Waals surface area contributed by atoms with Crippen LogP contribution in [0.25, 0.3) is 0 Å². The fraction of sp³-hybridized carbons (Fsp3) is 0.844. The number of ketones is 2. The molecule has 4 fully saturated rings. The van der Waals surface area contributed by atoms with E-state index in [9.17, 15) is 19.5 Å². The Hall–Kier alpha value is -1.65. The molecule has 2 aliphatic heterocycles. The lowest BCUT2D eigenvalue weighted by Crippen LogP contribution is -2.94. The van der Waals surface area contributed by atoms with Crippen LogP contribution in [0.4, 0.5) is 0 Å². The fourth-order valence-corrected chi connectivity index (χ4v) is 7.69. The van der Waals surface area contributed by atoms with Gasteiger partial charge in [0.15, 0.2) is 17.2 Å². The molecule has 4 unspecified atom stereocenters. The van der Waals surface area contributed by atoms with E-state index in [0.29, 0.717) is 24.3 Å². The molecule has 2 aliphatic carbocycles. The molecule has 4 rings (SSSR count). The molecule has 41 heavy (non-hydrogen) atoms. The maximum absolute atomic E-state index is 14.1. The number of quaternary nitrogens is 2. The number of nitrogens with two attached hydrogens (primary N) is 3. The van der Waals surface area contributed by atoms with E-state index in [-0.39, 0.29) is 43.3 Å². The van der Waals surface area contributed by atoms with E-state index in [1.807, 2.05) is 6.92 Å². The maximum Gasteiger partial charge on any atom is 0.350 e. The molecule has 0 aromatic rings. The van der Waals surface area contributed by atoms with Gasteiger partial charge in [-0.1, -0.05) is 38.2 Å². The number of rotatable bonds is 15. The van der Waals surface area contributed by atoms with Crippen LogP contribution in [0, 0.1) is 23.7 Å². The first-order chi connectivity index (χ1) is 19.7. The van der Waals surface area contributed by atoms with Crippen molar-refractivity contribution in [2.75, 3.05) is 32.8 Å². The zero-order chi connectivity index (χ0) is 29.6. The van der Waals surface area contributed by atoms with Crippen LogP contribution in [0.5, 0.6) is 0 Å². The van der Waals surface area contributed by atoms with E-state index < -0.39 is 29.0 Å². The van der Waals surface area contributed by atoms with Crippen LogP contribution < -0.4 is 16.4 Å². The second kappa shape index (κ2) is 14.2. The van der Waals surface area contributed by atoms with Crippen molar-refractivity contribution in [1.82, 2.24) is 0 Å². The molecule has 7 atom stereocenters. The van der Waals surface area contributed by atoms with Gasteiger partial charge in [-0.2, -0.15) is 0 Å². The molecule has 9 heteroatoms. The van der Waals surface area contributed by atoms with Gasteiger partial charge in [0.05, 0.1) is 32.8 Å². The van der Waals surface area contributed by atoms with Gasteiger partial charge in [0.1, 0.15) is 6.17 Å². The van der Waals surface area contributed by atoms with Crippen LogP contribution in [0.3, 0.4) is 0 Å². The van der Waals surface area contributed by atoms with Gasteiger partial charge in [-0.15, -0.1) is 0 Å². The Kier molecular flexibility index (Phi) is 11.2. The summed E-state index contributed by atoms with van der Waals surface area (Å²) in [5, 5.41) is 14.8. The average molecular weight is 578 g/mol. The summed E-state index contributed by atoms with van der Waals surface area (Å²) in [6, 6.07) is 0. The number of hydrogen-bond acceptors (Lipinski definition) is 7. The van der Waals surface area contributed by atoms with Crippen LogP contribution in [0.2, 0.25) is 0 Å². The predicted molar refractivity (Wildman–Crippen MR) is 154 cm³/mol. The number of unbranched alkanes of at least 4 members (excludes halogenated alkanes) is 1. The van der Waals surface area contributed by atoms with Crippen molar-refractivity contribution in [3.05, 3.63) is 11.1 Å². The van der Waals surface area contributed by atoms with E-state index in [4.69, 9.17) is 15.2 Å². The van der Waals surface area contributed by atoms with Crippen molar-refractivity contribution < 1.29 is 39.6 Å². The van der Waals surface area contributed by atoms with E-state index in [2.05, 4.69) is 24.5 Å². The van der Waals surface area contributed by atoms with Crippen LogP contribution in [0.15, 0.2) is 11.1 Å². The molecule has 0 amide bonds. The normalized spacial score (nSPS) is 34.4. The molecule has 0 bridgehead atoms. The second-order valence-corrected chi connectivity index (χ2v) is 13.2. The summed E-state index contributed by atoms with van der Waals surface area (Å²) < 4.78 is 12.0. The fourth-order valence-electron chi connectivity index (χ4n) is 7.69. The lowest BCUT2D eigenvalue weighted by atomic mass is 9.60. The number of carbonyl (C=O) groups is 3. The van der Waals surface area contributed by atoms with Gasteiger partial charge in [0.2, 0.25) is 0 Å². The minimum Gasteiger partial charge on any atom is -0.463 e. The minimum absolute atomic E-state index is 0.0685. The largest absolute Gasteiger partial charge is 0.463 e. The highest BCUT2D eigenvalue weighted by Gasteiger charge is 2.87. The van der Waals surface area contributed by atoms with Crippen LogP contribution >= 0.6 is 0 Å². The van der Waals surface area contributed by atoms with Crippen molar-refractivity contribution in [2.45, 2.75) is 115 Å². The molecule has 2 saturated heterocycles. The number of esters is 1. The zero-order valence-electron chi connectivity index (χ0n) is 25.6. The number of aliphatic hydroxyl groups excluding tert-OH is 1. The number of fused-ring (bicyclic) bond motifs is 2. The summed E-state index contributed by atoms with van der Waals surface area (Å²) in [6.45, 7) is 9.03. The lowest BCUT2D eigenvalue weighted by Gasteiger charge is -2.37. The number of hydrogen-bond donors (Lipinski definition) is 4. The van der Waals surface area contributed by atoms with Gasteiger partial charge in [0.25, 0.3) is 5.60 Å². The quantitative estimate of drug-likeness (QED) is 0.0985. The van der Waals surface area contributed by atoms with Gasteiger partial charge in [-0.3, -0.25) is 15.3 Å². The van der Waals surface area contributed by atoms with Crippen LogP contribution in [-0.4, -0.2) is 72.9 Å². The third kappa shape index (κ3) is 6.64. The molecule has 2 saturated carbocycles. The molecule has 0 spiro atoms. The molecule has 232 valence electrons. The van der Waals surface area contributed by atoms with Gasteiger partial charge >= 0.3 is 5.97 Å². The van der Waals surface area contributed by atoms with Crippen molar-refractivity contribution in [2.24, 2.45) is 29.4 Å². The smallest absolute Gasteiger partial charge is 0.350 e. The monoisotopic (exact) mass is 577 g/mol. The summed E-state index contributed by atoms with van der Waals surface area (Å²) >= 11 is 0. The Labute approximate surface area is 245 Å². The molecule has 7 N–H and O–H groups in total. The lowest BCUT2D eigenvalue weighted by molar-refractivity contribution is -0.699. The summed E-state index contributed by atoms with van der Waals surface area (Å²) in [7, 11) is 0. The van der Waals surface area contributed by atoms with Crippen molar-refractivity contribution in [3.8, 4) is 0 Å². The number of ether oxygens (including phenoxy) is 2. The van der Waals surface area contributed by atoms with Crippen molar-refractivity contribution >= 4 is 17.5 Å². The van der Waals surface area contributed by atoms with E-state index in [1.54, 1.807) is 0 Å². The predicted octanol–water partition coefficient (Wildman–Crippen LogP) is 1.12. The van der Waals surface area contributed by atoms with Gasteiger partial charge < -0.3 is 25.2 Å².